The molecule has 0 aliphatic rings. The van der Waals surface area contributed by atoms with Crippen LogP contribution in [0.5, 0.6) is 0 Å². The lowest BCUT2D eigenvalue weighted by atomic mass is 10.2. The normalized spacial score (nSPS) is 11.0. The number of hydrogen-bond acceptors (Lipinski definition) is 5. The van der Waals surface area contributed by atoms with Crippen LogP contribution in [0.4, 0.5) is 5.13 Å². The van der Waals surface area contributed by atoms with Crippen molar-refractivity contribution in [2.45, 2.75) is 13.5 Å². The van der Waals surface area contributed by atoms with Gasteiger partial charge in [-0.3, -0.25) is 4.68 Å². The number of halogens is 1. The zero-order chi connectivity index (χ0) is 15.9. The molecule has 2 heterocycles. The van der Waals surface area contributed by atoms with Gasteiger partial charge in [0, 0.05) is 23.3 Å². The number of thiazole rings is 1. The maximum absolute atomic E-state index is 11.0. The number of benzene rings is 1. The number of carbonyl (C=O) groups is 1. The Morgan fingerprint density at radius 1 is 1.45 bits per heavy atom. The first-order valence-electron chi connectivity index (χ1n) is 6.52. The summed E-state index contributed by atoms with van der Waals surface area (Å²) in [7, 11) is 1.82. The molecular weight excluding hydrogens is 324 g/mol. The average Bonchev–Trinajstić information content (AvgIpc) is 3.03. The van der Waals surface area contributed by atoms with Gasteiger partial charge in [-0.2, -0.15) is 5.10 Å². The molecule has 0 saturated carbocycles. The predicted octanol–water partition coefficient (Wildman–Crippen LogP) is 3.24. The summed E-state index contributed by atoms with van der Waals surface area (Å²) >= 11 is 7.69. The van der Waals surface area contributed by atoms with E-state index >= 15 is 0 Å². The van der Waals surface area contributed by atoms with Crippen LogP contribution in [0.2, 0.25) is 5.02 Å². The molecule has 0 atom stereocenters. The van der Waals surface area contributed by atoms with Crippen LogP contribution in [0.1, 0.15) is 21.7 Å². The zero-order valence-electron chi connectivity index (χ0n) is 11.9. The molecule has 0 unspecified atom stereocenters. The molecular formula is C14H13ClN4O2S. The Hall–Kier alpha value is -2.12. The topological polar surface area (TPSA) is 80.0 Å². The van der Waals surface area contributed by atoms with E-state index in [-0.39, 0.29) is 5.69 Å². The second-order valence-corrected chi connectivity index (χ2v) is 6.28. The van der Waals surface area contributed by atoms with Crippen molar-refractivity contribution in [2.24, 2.45) is 0 Å². The highest BCUT2D eigenvalue weighted by Gasteiger charge is 2.14. The number of aromatic nitrogens is 3. The summed E-state index contributed by atoms with van der Waals surface area (Å²) in [4.78, 5) is 15.5. The van der Waals surface area contributed by atoms with Crippen LogP contribution in [0, 0.1) is 6.92 Å². The lowest BCUT2D eigenvalue weighted by molar-refractivity contribution is 0.0689. The second kappa shape index (κ2) is 5.58. The summed E-state index contributed by atoms with van der Waals surface area (Å²) < 4.78 is 2.63. The molecule has 0 saturated heterocycles. The fraction of sp³-hybridized carbons (Fsp3) is 0.214. The molecule has 0 radical (unpaired) electrons. The van der Waals surface area contributed by atoms with Crippen LogP contribution in [-0.2, 0) is 6.54 Å². The molecule has 0 fully saturated rings. The van der Waals surface area contributed by atoms with Crippen molar-refractivity contribution < 1.29 is 9.90 Å². The highest BCUT2D eigenvalue weighted by molar-refractivity contribution is 7.22. The minimum absolute atomic E-state index is 0.0324. The third-order valence-corrected chi connectivity index (χ3v) is 4.51. The number of aryl methyl sites for hydroxylation is 1. The van der Waals surface area contributed by atoms with Crippen LogP contribution in [0.25, 0.3) is 10.2 Å². The van der Waals surface area contributed by atoms with Gasteiger partial charge in [-0.15, -0.1) is 0 Å². The fourth-order valence-corrected chi connectivity index (χ4v) is 3.44. The highest BCUT2D eigenvalue weighted by Crippen LogP contribution is 2.31. The molecule has 0 spiro atoms. The first kappa shape index (κ1) is 14.8. The third kappa shape index (κ3) is 2.65. The number of nitrogens with zero attached hydrogens (tertiary/aromatic N) is 3. The lowest BCUT2D eigenvalue weighted by Crippen LogP contribution is -2.06. The predicted molar refractivity (Wildman–Crippen MR) is 87.2 cm³/mol. The van der Waals surface area contributed by atoms with Gasteiger partial charge in [0.15, 0.2) is 10.8 Å². The van der Waals surface area contributed by atoms with Gasteiger partial charge in [0.2, 0.25) is 0 Å². The van der Waals surface area contributed by atoms with Crippen LogP contribution in [-0.4, -0.2) is 32.9 Å². The Balaban J connectivity index is 2.06. The molecule has 2 aromatic heterocycles. The van der Waals surface area contributed by atoms with Crippen molar-refractivity contribution >= 4 is 44.3 Å². The van der Waals surface area contributed by atoms with E-state index in [0.29, 0.717) is 11.6 Å². The number of hydrogen-bond donors (Lipinski definition) is 2. The van der Waals surface area contributed by atoms with E-state index in [1.807, 2.05) is 26.1 Å². The first-order valence-corrected chi connectivity index (χ1v) is 7.72. The van der Waals surface area contributed by atoms with Crippen molar-refractivity contribution in [2.75, 3.05) is 12.4 Å². The van der Waals surface area contributed by atoms with E-state index in [4.69, 9.17) is 16.7 Å². The Kier molecular flexibility index (Phi) is 3.76. The Morgan fingerprint density at radius 2 is 2.23 bits per heavy atom. The smallest absolute Gasteiger partial charge is 0.356 e. The van der Waals surface area contributed by atoms with E-state index in [1.54, 1.807) is 10.7 Å². The van der Waals surface area contributed by atoms with Crippen LogP contribution >= 0.6 is 22.9 Å². The van der Waals surface area contributed by atoms with Crippen molar-refractivity contribution in [3.05, 3.63) is 40.2 Å². The maximum atomic E-state index is 11.0. The molecule has 2 N–H and O–H groups in total. The Bertz CT molecular complexity index is 871. The van der Waals surface area contributed by atoms with Crippen LogP contribution in [0.15, 0.2) is 18.2 Å². The van der Waals surface area contributed by atoms with Crippen molar-refractivity contribution in [3.8, 4) is 0 Å². The van der Waals surface area contributed by atoms with Gasteiger partial charge in [-0.25, -0.2) is 9.78 Å². The minimum Gasteiger partial charge on any atom is -0.476 e. The highest BCUT2D eigenvalue weighted by atomic mass is 35.5. The quantitative estimate of drug-likeness (QED) is 0.764. The van der Waals surface area contributed by atoms with Crippen LogP contribution < -0.4 is 5.32 Å². The molecule has 22 heavy (non-hydrogen) atoms. The van der Waals surface area contributed by atoms with Crippen molar-refractivity contribution in [1.82, 2.24) is 14.8 Å². The number of carboxylic acids is 1. The molecule has 114 valence electrons. The number of carboxylic acid groups (broad SMARTS) is 1. The van der Waals surface area contributed by atoms with Gasteiger partial charge in [0.05, 0.1) is 16.8 Å². The van der Waals surface area contributed by atoms with E-state index in [0.717, 1.165) is 26.6 Å². The Labute approximate surface area is 135 Å². The molecule has 0 aliphatic heterocycles. The monoisotopic (exact) mass is 336 g/mol. The van der Waals surface area contributed by atoms with Gasteiger partial charge in [-0.1, -0.05) is 22.9 Å². The summed E-state index contributed by atoms with van der Waals surface area (Å²) in [6.45, 7) is 2.24. The molecule has 0 aliphatic carbocycles. The molecule has 6 nitrogen and oxygen atoms in total. The van der Waals surface area contributed by atoms with Gasteiger partial charge in [0.25, 0.3) is 0 Å². The molecule has 0 amide bonds. The molecule has 3 aromatic rings. The number of aromatic carboxylic acids is 1. The second-order valence-electron chi connectivity index (χ2n) is 4.81. The summed E-state index contributed by atoms with van der Waals surface area (Å²) in [5, 5.41) is 17.6. The molecule has 8 heteroatoms. The summed E-state index contributed by atoms with van der Waals surface area (Å²) in [5.74, 6) is -1.04. The SMILES string of the molecule is CNc1nc2c(Cn3nc(C(=O)O)cc3C)cc(Cl)cc2s1. The molecule has 0 bridgehead atoms. The summed E-state index contributed by atoms with van der Waals surface area (Å²) in [5.41, 5.74) is 2.56. The minimum atomic E-state index is -1.04. The Morgan fingerprint density at radius 3 is 2.86 bits per heavy atom. The number of nitrogens with one attached hydrogen (secondary N) is 1. The first-order chi connectivity index (χ1) is 10.5. The van der Waals surface area contributed by atoms with Crippen LogP contribution in [0.3, 0.4) is 0 Å². The largest absolute Gasteiger partial charge is 0.476 e. The van der Waals surface area contributed by atoms with E-state index in [2.05, 4.69) is 15.4 Å². The molecule has 3 rings (SSSR count). The van der Waals surface area contributed by atoms with Gasteiger partial charge >= 0.3 is 5.97 Å². The summed E-state index contributed by atoms with van der Waals surface area (Å²) in [6, 6.07) is 5.26. The third-order valence-electron chi connectivity index (χ3n) is 3.27. The number of rotatable bonds is 4. The van der Waals surface area contributed by atoms with E-state index in [1.165, 1.54) is 11.3 Å². The van der Waals surface area contributed by atoms with E-state index in [9.17, 15) is 4.79 Å². The molecule has 1 aromatic carbocycles. The lowest BCUT2D eigenvalue weighted by Gasteiger charge is -2.06. The van der Waals surface area contributed by atoms with Gasteiger partial charge in [-0.05, 0) is 25.1 Å². The van der Waals surface area contributed by atoms with Crippen molar-refractivity contribution in [1.29, 1.82) is 0 Å². The van der Waals surface area contributed by atoms with Gasteiger partial charge in [0.1, 0.15) is 0 Å². The number of anilines is 1. The maximum Gasteiger partial charge on any atom is 0.356 e. The zero-order valence-corrected chi connectivity index (χ0v) is 13.5. The fourth-order valence-electron chi connectivity index (χ4n) is 2.23. The van der Waals surface area contributed by atoms with Gasteiger partial charge < -0.3 is 10.4 Å². The summed E-state index contributed by atoms with van der Waals surface area (Å²) in [6.07, 6.45) is 0. The van der Waals surface area contributed by atoms with Crippen molar-refractivity contribution in [3.63, 3.8) is 0 Å². The van der Waals surface area contributed by atoms with E-state index < -0.39 is 5.97 Å². The standard InChI is InChI=1S/C14H13ClN4O2S/c1-7-3-10(13(20)21)18-19(7)6-8-4-9(15)5-11-12(8)17-14(16-2)22-11/h3-5H,6H2,1-2H3,(H,16,17)(H,20,21). The average molecular weight is 337 g/mol. The number of fused-ring (bicyclic) bond motifs is 1.